The molecule has 0 saturated heterocycles. The third-order valence-corrected chi connectivity index (χ3v) is 3.43. The van der Waals surface area contributed by atoms with Gasteiger partial charge >= 0.3 is 6.18 Å². The molecule has 0 spiro atoms. The summed E-state index contributed by atoms with van der Waals surface area (Å²) in [6.07, 6.45) is -4.66. The Morgan fingerprint density at radius 1 is 1.11 bits per heavy atom. The van der Waals surface area contributed by atoms with Crippen LogP contribution in [0.25, 0.3) is 0 Å². The van der Waals surface area contributed by atoms with E-state index in [0.717, 1.165) is 24.3 Å². The number of nitro benzene ring substituents is 2. The van der Waals surface area contributed by atoms with Crippen LogP contribution in [-0.2, 0) is 0 Å². The average Bonchev–Trinajstić information content (AvgIpc) is 2.59. The van der Waals surface area contributed by atoms with Gasteiger partial charge < -0.3 is 10.1 Å². The summed E-state index contributed by atoms with van der Waals surface area (Å²) in [6.45, 7) is -0.198. The van der Waals surface area contributed by atoms with Gasteiger partial charge in [0.1, 0.15) is 5.75 Å². The second kappa shape index (κ2) is 7.90. The smallest absolute Gasteiger partial charge is 0.422 e. The third-order valence-electron chi connectivity index (χ3n) is 3.43. The molecular weight excluding hydrogens is 387 g/mol. The lowest BCUT2D eigenvalue weighted by Gasteiger charge is -2.11. The molecular formula is C16H12F3N3O6. The van der Waals surface area contributed by atoms with Crippen molar-refractivity contribution in [3.05, 3.63) is 67.8 Å². The fraction of sp³-hybridized carbons (Fsp3) is 0.188. The van der Waals surface area contributed by atoms with Crippen LogP contribution in [-0.4, -0.2) is 28.5 Å². The number of halogens is 3. The summed E-state index contributed by atoms with van der Waals surface area (Å²) in [5.74, 6) is -1.32. The molecule has 2 rings (SSSR count). The van der Waals surface area contributed by atoms with Crippen LogP contribution in [0.1, 0.15) is 15.9 Å². The number of hydrogen-bond acceptors (Lipinski definition) is 6. The number of carbonyl (C=O) groups is 1. The molecule has 9 nitrogen and oxygen atoms in total. The van der Waals surface area contributed by atoms with Crippen LogP contribution >= 0.6 is 0 Å². The molecule has 1 amide bonds. The monoisotopic (exact) mass is 399 g/mol. The fourth-order valence-electron chi connectivity index (χ4n) is 2.16. The number of nitro groups is 2. The summed E-state index contributed by atoms with van der Waals surface area (Å²) in [5, 5.41) is 24.2. The second-order valence-corrected chi connectivity index (χ2v) is 5.59. The molecule has 0 unspecified atom stereocenters. The van der Waals surface area contributed by atoms with Crippen LogP contribution in [0.4, 0.5) is 30.2 Å². The zero-order valence-corrected chi connectivity index (χ0v) is 14.1. The van der Waals surface area contributed by atoms with E-state index in [0.29, 0.717) is 5.56 Å². The van der Waals surface area contributed by atoms with E-state index in [1.165, 1.54) is 19.1 Å². The highest BCUT2D eigenvalue weighted by atomic mass is 19.4. The molecule has 2 aromatic rings. The van der Waals surface area contributed by atoms with Gasteiger partial charge in [-0.15, -0.1) is 0 Å². The second-order valence-electron chi connectivity index (χ2n) is 5.59. The van der Waals surface area contributed by atoms with Gasteiger partial charge in [0.2, 0.25) is 0 Å². The number of alkyl halides is 3. The molecule has 0 atom stereocenters. The molecule has 0 aliphatic carbocycles. The zero-order chi connectivity index (χ0) is 21.1. The highest BCUT2D eigenvalue weighted by Crippen LogP contribution is 2.28. The summed E-state index contributed by atoms with van der Waals surface area (Å²) in [7, 11) is 0. The zero-order valence-electron chi connectivity index (χ0n) is 14.1. The van der Waals surface area contributed by atoms with Crippen molar-refractivity contribution < 1.29 is 32.5 Å². The van der Waals surface area contributed by atoms with E-state index >= 15 is 0 Å². The number of non-ortho nitro benzene ring substituents is 1. The third kappa shape index (κ3) is 5.40. The van der Waals surface area contributed by atoms with Crippen molar-refractivity contribution in [1.29, 1.82) is 0 Å². The van der Waals surface area contributed by atoms with E-state index in [2.05, 4.69) is 10.1 Å². The van der Waals surface area contributed by atoms with Crippen molar-refractivity contribution in [3.63, 3.8) is 0 Å². The Hall–Kier alpha value is -3.70. The van der Waals surface area contributed by atoms with Crippen LogP contribution in [0.15, 0.2) is 36.4 Å². The van der Waals surface area contributed by atoms with Gasteiger partial charge in [-0.25, -0.2) is 0 Å². The summed E-state index contributed by atoms with van der Waals surface area (Å²) in [4.78, 5) is 32.7. The van der Waals surface area contributed by atoms with Gasteiger partial charge in [0.25, 0.3) is 17.3 Å². The molecule has 0 aromatic heterocycles. The van der Waals surface area contributed by atoms with Gasteiger partial charge in [0.15, 0.2) is 6.61 Å². The molecule has 0 aliphatic rings. The number of aryl methyl sites for hydroxylation is 1. The molecule has 1 N–H and O–H groups in total. The maximum absolute atomic E-state index is 12.3. The number of hydrogen-bond donors (Lipinski definition) is 1. The Morgan fingerprint density at radius 3 is 2.36 bits per heavy atom. The topological polar surface area (TPSA) is 125 Å². The number of carbonyl (C=O) groups excluding carboxylic acids is 1. The van der Waals surface area contributed by atoms with E-state index < -0.39 is 40.0 Å². The number of benzene rings is 2. The highest BCUT2D eigenvalue weighted by molar-refractivity contribution is 6.05. The van der Waals surface area contributed by atoms with E-state index in [1.54, 1.807) is 0 Å². The highest BCUT2D eigenvalue weighted by Gasteiger charge is 2.29. The summed E-state index contributed by atoms with van der Waals surface area (Å²) < 4.78 is 41.3. The fourth-order valence-corrected chi connectivity index (χ4v) is 2.16. The van der Waals surface area contributed by atoms with Gasteiger partial charge in [0.05, 0.1) is 21.6 Å². The van der Waals surface area contributed by atoms with Crippen LogP contribution in [0, 0.1) is 27.2 Å². The minimum atomic E-state index is -4.66. The van der Waals surface area contributed by atoms with Crippen molar-refractivity contribution in [2.24, 2.45) is 0 Å². The molecule has 0 heterocycles. The first-order valence-corrected chi connectivity index (χ1v) is 7.52. The molecule has 0 saturated carbocycles. The Kier molecular flexibility index (Phi) is 5.81. The Bertz CT molecular complexity index is 946. The predicted molar refractivity (Wildman–Crippen MR) is 90.4 cm³/mol. The standard InChI is InChI=1S/C16H12F3N3O6/c1-9-2-3-10(4-14(9)22(26)27)15(23)20-11-5-12(21(24)25)7-13(6-11)28-8-16(17,18)19/h2-7H,8H2,1H3,(H,20,23). The summed E-state index contributed by atoms with van der Waals surface area (Å²) >= 11 is 0. The van der Waals surface area contributed by atoms with Crippen molar-refractivity contribution in [3.8, 4) is 5.75 Å². The Balaban J connectivity index is 2.30. The lowest BCUT2D eigenvalue weighted by Crippen LogP contribution is -2.19. The Morgan fingerprint density at radius 2 is 1.79 bits per heavy atom. The van der Waals surface area contributed by atoms with Crippen LogP contribution in [0.2, 0.25) is 0 Å². The minimum Gasteiger partial charge on any atom is -0.484 e. The van der Waals surface area contributed by atoms with E-state index in [-0.39, 0.29) is 16.9 Å². The van der Waals surface area contributed by atoms with Gasteiger partial charge in [-0.05, 0) is 13.0 Å². The molecule has 28 heavy (non-hydrogen) atoms. The minimum absolute atomic E-state index is 0.110. The van der Waals surface area contributed by atoms with E-state index in [1.807, 2.05) is 0 Å². The molecule has 0 fully saturated rings. The molecule has 148 valence electrons. The summed E-state index contributed by atoms with van der Waals surface area (Å²) in [6, 6.07) is 6.33. The lowest BCUT2D eigenvalue weighted by molar-refractivity contribution is -0.385. The van der Waals surface area contributed by atoms with Gasteiger partial charge in [-0.3, -0.25) is 25.0 Å². The van der Waals surface area contributed by atoms with Crippen LogP contribution in [0.5, 0.6) is 5.75 Å². The number of amides is 1. The largest absolute Gasteiger partial charge is 0.484 e. The van der Waals surface area contributed by atoms with Crippen molar-refractivity contribution in [2.45, 2.75) is 13.1 Å². The first kappa shape index (κ1) is 20.6. The molecule has 2 aromatic carbocycles. The number of nitrogens with zero attached hydrogens (tertiary/aromatic N) is 2. The first-order chi connectivity index (χ1) is 13.0. The normalized spacial score (nSPS) is 11.0. The van der Waals surface area contributed by atoms with Crippen molar-refractivity contribution >= 4 is 23.0 Å². The Labute approximate surface area is 155 Å². The van der Waals surface area contributed by atoms with Crippen molar-refractivity contribution in [2.75, 3.05) is 11.9 Å². The average molecular weight is 399 g/mol. The van der Waals surface area contributed by atoms with E-state index in [4.69, 9.17) is 0 Å². The number of ether oxygens (including phenoxy) is 1. The SMILES string of the molecule is Cc1ccc(C(=O)Nc2cc(OCC(F)(F)F)cc([N+](=O)[O-])c2)cc1[N+](=O)[O-]. The number of rotatable bonds is 6. The van der Waals surface area contributed by atoms with Gasteiger partial charge in [-0.2, -0.15) is 13.2 Å². The summed E-state index contributed by atoms with van der Waals surface area (Å²) in [5.41, 5.74) is -0.911. The van der Waals surface area contributed by atoms with E-state index in [9.17, 15) is 38.2 Å². The quantitative estimate of drug-likeness (QED) is 0.578. The maximum Gasteiger partial charge on any atom is 0.422 e. The molecule has 0 bridgehead atoms. The first-order valence-electron chi connectivity index (χ1n) is 7.52. The number of anilines is 1. The maximum atomic E-state index is 12.3. The van der Waals surface area contributed by atoms with Crippen LogP contribution < -0.4 is 10.1 Å². The predicted octanol–water partition coefficient (Wildman–Crippen LogP) is 4.00. The lowest BCUT2D eigenvalue weighted by atomic mass is 10.1. The number of nitrogens with one attached hydrogen (secondary N) is 1. The molecule has 0 aliphatic heterocycles. The van der Waals surface area contributed by atoms with Gasteiger partial charge in [0, 0.05) is 29.3 Å². The van der Waals surface area contributed by atoms with Crippen LogP contribution in [0.3, 0.4) is 0 Å². The van der Waals surface area contributed by atoms with Gasteiger partial charge in [-0.1, -0.05) is 6.07 Å². The molecule has 12 heteroatoms. The molecule has 0 radical (unpaired) electrons. The van der Waals surface area contributed by atoms with Crippen molar-refractivity contribution in [1.82, 2.24) is 0 Å².